The summed E-state index contributed by atoms with van der Waals surface area (Å²) in [6, 6.07) is 19.0. The minimum Gasteiger partial charge on any atom is -0.374 e. The first-order valence-corrected chi connectivity index (χ1v) is 11.8. The summed E-state index contributed by atoms with van der Waals surface area (Å²) >= 11 is 0. The number of benzene rings is 2. The lowest BCUT2D eigenvalue weighted by molar-refractivity contribution is 0.118. The number of aromatic nitrogens is 3. The number of carbonyl (C=O) groups is 1. The van der Waals surface area contributed by atoms with Crippen molar-refractivity contribution in [2.45, 2.75) is 56.5 Å². The maximum Gasteiger partial charge on any atom is 0.362 e. The molecule has 0 spiro atoms. The van der Waals surface area contributed by atoms with Crippen molar-refractivity contribution in [3.63, 3.8) is 0 Å². The molecular formula is C26H30N4O2. The first-order chi connectivity index (χ1) is 15.7. The van der Waals surface area contributed by atoms with Crippen molar-refractivity contribution in [3.05, 3.63) is 83.2 Å². The SMILES string of the molecule is O=C(N1CCCC1)n1nc(C2CCCCC2)c(C(O)(c2ccccc2)c2ccccc2)n1. The van der Waals surface area contributed by atoms with Crippen LogP contribution in [0.5, 0.6) is 0 Å². The van der Waals surface area contributed by atoms with E-state index in [4.69, 9.17) is 10.2 Å². The van der Waals surface area contributed by atoms with Crippen molar-refractivity contribution in [2.75, 3.05) is 13.1 Å². The molecule has 2 heterocycles. The Hall–Kier alpha value is -2.99. The molecule has 2 aliphatic rings. The molecule has 6 heteroatoms. The predicted octanol–water partition coefficient (Wildman–Crippen LogP) is 4.67. The lowest BCUT2D eigenvalue weighted by Crippen LogP contribution is -2.34. The Morgan fingerprint density at radius 1 is 0.812 bits per heavy atom. The predicted molar refractivity (Wildman–Crippen MR) is 122 cm³/mol. The van der Waals surface area contributed by atoms with E-state index in [0.29, 0.717) is 5.69 Å². The van der Waals surface area contributed by atoms with E-state index in [1.807, 2.05) is 60.7 Å². The van der Waals surface area contributed by atoms with E-state index < -0.39 is 5.60 Å². The van der Waals surface area contributed by atoms with Gasteiger partial charge in [-0.1, -0.05) is 84.7 Å². The first-order valence-electron chi connectivity index (χ1n) is 11.8. The zero-order chi connectivity index (χ0) is 22.0. The van der Waals surface area contributed by atoms with Gasteiger partial charge in [-0.05, 0) is 36.8 Å². The van der Waals surface area contributed by atoms with Crippen molar-refractivity contribution in [2.24, 2.45) is 0 Å². The standard InChI is InChI=1S/C26H30N4O2/c31-25(29-18-10-11-19-29)30-27-23(20-12-4-1-5-13-20)24(28-30)26(32,21-14-6-2-7-15-21)22-16-8-3-9-17-22/h2-3,6-9,14-17,20,32H,1,4-5,10-13,18-19H2. The Morgan fingerprint density at radius 2 is 1.38 bits per heavy atom. The van der Waals surface area contributed by atoms with E-state index in [-0.39, 0.29) is 11.9 Å². The minimum atomic E-state index is -1.49. The number of likely N-dealkylation sites (tertiary alicyclic amines) is 1. The van der Waals surface area contributed by atoms with Gasteiger partial charge in [0.15, 0.2) is 5.60 Å². The Morgan fingerprint density at radius 3 is 1.94 bits per heavy atom. The van der Waals surface area contributed by atoms with Crippen LogP contribution in [-0.2, 0) is 5.60 Å². The quantitative estimate of drug-likeness (QED) is 0.653. The van der Waals surface area contributed by atoms with Gasteiger partial charge in [-0.15, -0.1) is 10.2 Å². The lowest BCUT2D eigenvalue weighted by atomic mass is 9.78. The molecule has 5 rings (SSSR count). The zero-order valence-electron chi connectivity index (χ0n) is 18.4. The second-order valence-corrected chi connectivity index (χ2v) is 8.98. The van der Waals surface area contributed by atoms with Crippen LogP contribution in [0, 0.1) is 0 Å². The molecule has 32 heavy (non-hydrogen) atoms. The van der Waals surface area contributed by atoms with Crippen LogP contribution in [0.1, 0.15) is 73.4 Å². The average molecular weight is 431 g/mol. The summed E-state index contributed by atoms with van der Waals surface area (Å²) in [6.07, 6.45) is 7.50. The van der Waals surface area contributed by atoms with Gasteiger partial charge in [-0.3, -0.25) is 0 Å². The van der Waals surface area contributed by atoms with Gasteiger partial charge in [0.05, 0.1) is 5.69 Å². The summed E-state index contributed by atoms with van der Waals surface area (Å²) in [4.78, 5) is 16.2. The molecule has 1 saturated carbocycles. The molecule has 166 valence electrons. The lowest BCUT2D eigenvalue weighted by Gasteiger charge is -2.30. The highest BCUT2D eigenvalue weighted by molar-refractivity contribution is 5.75. The van der Waals surface area contributed by atoms with Crippen molar-refractivity contribution in [1.82, 2.24) is 19.9 Å². The molecule has 0 radical (unpaired) electrons. The van der Waals surface area contributed by atoms with Gasteiger partial charge < -0.3 is 10.0 Å². The third kappa shape index (κ3) is 3.73. The van der Waals surface area contributed by atoms with Gasteiger partial charge in [0.1, 0.15) is 5.69 Å². The van der Waals surface area contributed by atoms with Gasteiger partial charge in [0.25, 0.3) is 0 Å². The highest BCUT2D eigenvalue weighted by Crippen LogP contribution is 2.42. The number of aliphatic hydroxyl groups is 1. The van der Waals surface area contributed by atoms with Crippen LogP contribution in [0.15, 0.2) is 60.7 Å². The van der Waals surface area contributed by atoms with Crippen LogP contribution in [-0.4, -0.2) is 44.1 Å². The molecule has 0 bridgehead atoms. The van der Waals surface area contributed by atoms with E-state index in [2.05, 4.69) is 0 Å². The van der Waals surface area contributed by atoms with Crippen molar-refractivity contribution in [1.29, 1.82) is 0 Å². The monoisotopic (exact) mass is 430 g/mol. The van der Waals surface area contributed by atoms with Gasteiger partial charge in [0.2, 0.25) is 0 Å². The zero-order valence-corrected chi connectivity index (χ0v) is 18.4. The van der Waals surface area contributed by atoms with Crippen molar-refractivity contribution in [3.8, 4) is 0 Å². The minimum absolute atomic E-state index is 0.192. The van der Waals surface area contributed by atoms with Gasteiger partial charge in [-0.25, -0.2) is 4.79 Å². The third-order valence-electron chi connectivity index (χ3n) is 6.91. The van der Waals surface area contributed by atoms with Crippen molar-refractivity contribution < 1.29 is 9.90 Å². The molecule has 1 saturated heterocycles. The van der Waals surface area contributed by atoms with E-state index in [0.717, 1.165) is 68.4 Å². The molecule has 1 N–H and O–H groups in total. The molecule has 0 unspecified atom stereocenters. The van der Waals surface area contributed by atoms with E-state index in [1.165, 1.54) is 11.2 Å². The number of amides is 1. The molecular weight excluding hydrogens is 400 g/mol. The Kier molecular flexibility index (Phi) is 5.79. The van der Waals surface area contributed by atoms with Gasteiger partial charge in [0, 0.05) is 19.0 Å². The van der Waals surface area contributed by atoms with E-state index in [1.54, 1.807) is 4.90 Å². The van der Waals surface area contributed by atoms with Crippen LogP contribution in [0.3, 0.4) is 0 Å². The molecule has 1 aliphatic carbocycles. The normalized spacial score (nSPS) is 17.6. The van der Waals surface area contributed by atoms with Crippen LogP contribution in [0.25, 0.3) is 0 Å². The maximum atomic E-state index is 13.2. The van der Waals surface area contributed by atoms with Crippen LogP contribution < -0.4 is 0 Å². The second-order valence-electron chi connectivity index (χ2n) is 8.98. The maximum absolute atomic E-state index is 13.2. The fourth-order valence-electron chi connectivity index (χ4n) is 5.15. The molecule has 6 nitrogen and oxygen atoms in total. The van der Waals surface area contributed by atoms with E-state index >= 15 is 0 Å². The van der Waals surface area contributed by atoms with Crippen molar-refractivity contribution >= 4 is 6.03 Å². The van der Waals surface area contributed by atoms with Gasteiger partial charge in [-0.2, -0.15) is 0 Å². The molecule has 2 fully saturated rings. The Bertz CT molecular complexity index is 1010. The smallest absolute Gasteiger partial charge is 0.362 e. The fraction of sp³-hybridized carbons (Fsp3) is 0.423. The topological polar surface area (TPSA) is 71.2 Å². The molecule has 0 atom stereocenters. The summed E-state index contributed by atoms with van der Waals surface area (Å²) in [5.74, 6) is 0.192. The largest absolute Gasteiger partial charge is 0.374 e. The average Bonchev–Trinajstić information content (AvgIpc) is 3.56. The highest BCUT2D eigenvalue weighted by atomic mass is 16.3. The highest BCUT2D eigenvalue weighted by Gasteiger charge is 2.42. The molecule has 1 amide bonds. The summed E-state index contributed by atoms with van der Waals surface area (Å²) in [5, 5.41) is 21.8. The van der Waals surface area contributed by atoms with Crippen LogP contribution >= 0.6 is 0 Å². The van der Waals surface area contributed by atoms with Crippen LogP contribution in [0.2, 0.25) is 0 Å². The number of carbonyl (C=O) groups excluding carboxylic acids is 1. The number of nitrogens with zero attached hydrogens (tertiary/aromatic N) is 4. The third-order valence-corrected chi connectivity index (χ3v) is 6.91. The molecule has 3 aromatic rings. The summed E-state index contributed by atoms with van der Waals surface area (Å²) in [5.41, 5.74) is 1.20. The van der Waals surface area contributed by atoms with Crippen LogP contribution in [0.4, 0.5) is 4.79 Å². The Balaban J connectivity index is 1.68. The fourth-order valence-corrected chi connectivity index (χ4v) is 5.15. The summed E-state index contributed by atoms with van der Waals surface area (Å²) < 4.78 is 0. The summed E-state index contributed by atoms with van der Waals surface area (Å²) in [6.45, 7) is 1.46. The number of hydrogen-bond acceptors (Lipinski definition) is 4. The molecule has 2 aromatic carbocycles. The molecule has 1 aliphatic heterocycles. The van der Waals surface area contributed by atoms with Gasteiger partial charge >= 0.3 is 6.03 Å². The number of hydrogen-bond donors (Lipinski definition) is 1. The molecule has 1 aromatic heterocycles. The second kappa shape index (κ2) is 8.87. The summed E-state index contributed by atoms with van der Waals surface area (Å²) in [7, 11) is 0. The number of rotatable bonds is 4. The first kappa shape index (κ1) is 20.9. The van der Waals surface area contributed by atoms with E-state index in [9.17, 15) is 9.90 Å². The Labute approximate surface area is 188 Å².